The molecule has 1 rings (SSSR count). The topological polar surface area (TPSA) is 76.2 Å². The molecule has 0 saturated heterocycles. The predicted molar refractivity (Wildman–Crippen MR) is 52.9 cm³/mol. The lowest BCUT2D eigenvalue weighted by atomic mass is 10.2. The minimum absolute atomic E-state index is 0. The summed E-state index contributed by atoms with van der Waals surface area (Å²) in [7, 11) is 0. The molecule has 0 saturated carbocycles. The van der Waals surface area contributed by atoms with E-state index in [2.05, 4.69) is 4.98 Å². The van der Waals surface area contributed by atoms with Crippen LogP contribution in [-0.4, -0.2) is 16.1 Å². The van der Waals surface area contributed by atoms with Crippen LogP contribution in [0.3, 0.4) is 0 Å². The van der Waals surface area contributed by atoms with E-state index in [1.165, 1.54) is 6.07 Å². The first-order valence-electron chi connectivity index (χ1n) is 2.87. The van der Waals surface area contributed by atoms with Gasteiger partial charge in [0.05, 0.1) is 5.69 Å². The Morgan fingerprint density at radius 3 is 2.46 bits per heavy atom. The molecule has 3 N–H and O–H groups in total. The van der Waals surface area contributed by atoms with E-state index < -0.39 is 5.97 Å². The van der Waals surface area contributed by atoms with Crippen LogP contribution in [0.5, 0.6) is 0 Å². The zero-order valence-corrected chi connectivity index (χ0v) is 8.45. The number of anilines is 1. The van der Waals surface area contributed by atoms with Crippen LogP contribution in [0, 0.1) is 0 Å². The highest BCUT2D eigenvalue weighted by Crippen LogP contribution is 2.23. The van der Waals surface area contributed by atoms with Crippen molar-refractivity contribution in [3.8, 4) is 0 Å². The Bertz CT molecular complexity index is 320. The number of nitrogens with zero attached hydrogens (tertiary/aromatic N) is 1. The Hall–Kier alpha value is -0.710. The number of nitrogens with two attached hydrogens (primary N) is 1. The van der Waals surface area contributed by atoms with E-state index in [9.17, 15) is 4.79 Å². The third-order valence-electron chi connectivity index (χ3n) is 1.19. The van der Waals surface area contributed by atoms with Gasteiger partial charge in [-0.3, -0.25) is 0 Å². The molecule has 1 heterocycles. The lowest BCUT2D eigenvalue weighted by Gasteiger charge is -2.01. The van der Waals surface area contributed by atoms with Gasteiger partial charge < -0.3 is 10.8 Å². The Labute approximate surface area is 90.1 Å². The van der Waals surface area contributed by atoms with Crippen molar-refractivity contribution in [2.45, 2.75) is 0 Å². The molecule has 1 aromatic heterocycles. The molecule has 0 radical (unpaired) electrons. The standard InChI is InChI=1S/C6H4Cl2N2O2.ClH/c7-3-1-2(9)4(6(11)12)5(8)10-3;/h1H,(H2,9,10)(H,11,12);1H. The summed E-state index contributed by atoms with van der Waals surface area (Å²) < 4.78 is 0. The van der Waals surface area contributed by atoms with E-state index >= 15 is 0 Å². The maximum absolute atomic E-state index is 10.5. The van der Waals surface area contributed by atoms with Crippen molar-refractivity contribution >= 4 is 47.3 Å². The summed E-state index contributed by atoms with van der Waals surface area (Å²) in [4.78, 5) is 14.0. The van der Waals surface area contributed by atoms with Gasteiger partial charge in [0.1, 0.15) is 15.9 Å². The van der Waals surface area contributed by atoms with Gasteiger partial charge in [-0.1, -0.05) is 23.2 Å². The fraction of sp³-hybridized carbons (Fsp3) is 0. The van der Waals surface area contributed by atoms with Crippen LogP contribution in [0.4, 0.5) is 5.69 Å². The maximum atomic E-state index is 10.5. The molecule has 0 spiro atoms. The number of rotatable bonds is 1. The van der Waals surface area contributed by atoms with Gasteiger partial charge in [-0.05, 0) is 6.07 Å². The van der Waals surface area contributed by atoms with Gasteiger partial charge in [0.2, 0.25) is 0 Å². The number of hydrogen-bond acceptors (Lipinski definition) is 3. The molecule has 1 aromatic rings. The lowest BCUT2D eigenvalue weighted by molar-refractivity contribution is 0.0698. The van der Waals surface area contributed by atoms with E-state index in [-0.39, 0.29) is 34.0 Å². The SMILES string of the molecule is Cl.Nc1cc(Cl)nc(Cl)c1C(=O)O. The number of hydrogen-bond donors (Lipinski definition) is 2. The molecule has 0 aliphatic rings. The number of pyridine rings is 1. The molecule has 0 aliphatic carbocycles. The lowest BCUT2D eigenvalue weighted by Crippen LogP contribution is -2.04. The summed E-state index contributed by atoms with van der Waals surface area (Å²) in [5.41, 5.74) is 5.12. The van der Waals surface area contributed by atoms with Gasteiger partial charge in [-0.25, -0.2) is 9.78 Å². The van der Waals surface area contributed by atoms with Crippen LogP contribution in [0.1, 0.15) is 10.4 Å². The number of halogens is 3. The number of carboxylic acids is 1. The van der Waals surface area contributed by atoms with Crippen molar-refractivity contribution in [3.63, 3.8) is 0 Å². The van der Waals surface area contributed by atoms with E-state index in [1.54, 1.807) is 0 Å². The van der Waals surface area contributed by atoms with Gasteiger partial charge in [0, 0.05) is 0 Å². The van der Waals surface area contributed by atoms with Crippen LogP contribution in [0.25, 0.3) is 0 Å². The quantitative estimate of drug-likeness (QED) is 0.741. The van der Waals surface area contributed by atoms with Crippen molar-refractivity contribution < 1.29 is 9.90 Å². The number of aromatic nitrogens is 1. The van der Waals surface area contributed by atoms with E-state index in [0.717, 1.165) is 0 Å². The summed E-state index contributed by atoms with van der Waals surface area (Å²) in [6.45, 7) is 0. The van der Waals surface area contributed by atoms with Gasteiger partial charge in [-0.15, -0.1) is 12.4 Å². The summed E-state index contributed by atoms with van der Waals surface area (Å²) in [6.07, 6.45) is 0. The number of nitrogen functional groups attached to an aromatic ring is 1. The average Bonchev–Trinajstić information content (AvgIpc) is 1.82. The molecule has 0 aliphatic heterocycles. The van der Waals surface area contributed by atoms with Crippen LogP contribution in [-0.2, 0) is 0 Å². The third-order valence-corrected chi connectivity index (χ3v) is 1.66. The first-order chi connectivity index (χ1) is 5.52. The van der Waals surface area contributed by atoms with Crippen molar-refractivity contribution in [2.24, 2.45) is 0 Å². The highest BCUT2D eigenvalue weighted by atomic mass is 35.5. The Morgan fingerprint density at radius 2 is 2.08 bits per heavy atom. The monoisotopic (exact) mass is 242 g/mol. The Morgan fingerprint density at radius 1 is 1.54 bits per heavy atom. The van der Waals surface area contributed by atoms with Crippen LogP contribution < -0.4 is 5.73 Å². The van der Waals surface area contributed by atoms with Crippen molar-refractivity contribution in [1.82, 2.24) is 4.98 Å². The molecular formula is C6H5Cl3N2O2. The first-order valence-corrected chi connectivity index (χ1v) is 3.62. The normalized spacial score (nSPS) is 9.08. The molecule has 4 nitrogen and oxygen atoms in total. The van der Waals surface area contributed by atoms with Gasteiger partial charge >= 0.3 is 5.97 Å². The minimum atomic E-state index is -1.22. The van der Waals surface area contributed by atoms with E-state index in [1.807, 2.05) is 0 Å². The Balaban J connectivity index is 0.00000144. The second-order valence-electron chi connectivity index (χ2n) is 2.01. The molecule has 7 heteroatoms. The van der Waals surface area contributed by atoms with E-state index in [4.69, 9.17) is 34.0 Å². The molecule has 0 unspecified atom stereocenters. The maximum Gasteiger partial charge on any atom is 0.340 e. The molecular weight excluding hydrogens is 238 g/mol. The van der Waals surface area contributed by atoms with Crippen molar-refractivity contribution in [2.75, 3.05) is 5.73 Å². The molecule has 13 heavy (non-hydrogen) atoms. The second-order valence-corrected chi connectivity index (χ2v) is 2.75. The average molecular weight is 243 g/mol. The van der Waals surface area contributed by atoms with Gasteiger partial charge in [0.15, 0.2) is 0 Å². The second kappa shape index (κ2) is 4.50. The highest BCUT2D eigenvalue weighted by Gasteiger charge is 2.14. The molecule has 0 amide bonds. The molecule has 0 aromatic carbocycles. The molecule has 0 fully saturated rings. The smallest absolute Gasteiger partial charge is 0.340 e. The first kappa shape index (κ1) is 12.3. The van der Waals surface area contributed by atoms with Gasteiger partial charge in [0.25, 0.3) is 0 Å². The predicted octanol–water partition coefficient (Wildman–Crippen LogP) is 2.09. The zero-order chi connectivity index (χ0) is 9.30. The fourth-order valence-electron chi connectivity index (χ4n) is 0.713. The molecule has 0 bridgehead atoms. The van der Waals surface area contributed by atoms with E-state index in [0.29, 0.717) is 0 Å². The minimum Gasteiger partial charge on any atom is -0.478 e. The fourth-order valence-corrected chi connectivity index (χ4v) is 1.24. The van der Waals surface area contributed by atoms with Crippen LogP contribution in [0.15, 0.2) is 6.07 Å². The number of carbonyl (C=O) groups is 1. The van der Waals surface area contributed by atoms with Crippen LogP contribution >= 0.6 is 35.6 Å². The Kier molecular flexibility index (Phi) is 4.26. The number of aromatic carboxylic acids is 1. The van der Waals surface area contributed by atoms with Crippen molar-refractivity contribution in [1.29, 1.82) is 0 Å². The molecule has 72 valence electrons. The summed E-state index contributed by atoms with van der Waals surface area (Å²) in [5.74, 6) is -1.22. The summed E-state index contributed by atoms with van der Waals surface area (Å²) >= 11 is 10.9. The number of carboxylic acid groups (broad SMARTS) is 1. The third kappa shape index (κ3) is 2.62. The summed E-state index contributed by atoms with van der Waals surface area (Å²) in [5, 5.41) is 8.46. The highest BCUT2D eigenvalue weighted by molar-refractivity contribution is 6.35. The van der Waals surface area contributed by atoms with Gasteiger partial charge in [-0.2, -0.15) is 0 Å². The largest absolute Gasteiger partial charge is 0.478 e. The van der Waals surface area contributed by atoms with Crippen molar-refractivity contribution in [3.05, 3.63) is 21.9 Å². The van der Waals surface area contributed by atoms with Crippen LogP contribution in [0.2, 0.25) is 10.3 Å². The zero-order valence-electron chi connectivity index (χ0n) is 6.12. The molecule has 0 atom stereocenters. The summed E-state index contributed by atoms with van der Waals surface area (Å²) in [6, 6.07) is 1.23.